The zero-order valence-electron chi connectivity index (χ0n) is 10.8. The second-order valence-corrected chi connectivity index (χ2v) is 5.25. The van der Waals surface area contributed by atoms with Gasteiger partial charge >= 0.3 is 0 Å². The Labute approximate surface area is 116 Å². The lowest BCUT2D eigenvalue weighted by Gasteiger charge is -2.24. The van der Waals surface area contributed by atoms with Gasteiger partial charge in [-0.3, -0.25) is 0 Å². The van der Waals surface area contributed by atoms with Crippen molar-refractivity contribution in [2.75, 3.05) is 0 Å². The quantitative estimate of drug-likeness (QED) is 0.609. The second kappa shape index (κ2) is 4.17. The van der Waals surface area contributed by atoms with Gasteiger partial charge in [0.2, 0.25) is 0 Å². The largest absolute Gasteiger partial charge is 0.386 e. The van der Waals surface area contributed by atoms with Crippen LogP contribution in [0.1, 0.15) is 17.2 Å². The van der Waals surface area contributed by atoms with Gasteiger partial charge in [-0.25, -0.2) is 0 Å². The van der Waals surface area contributed by atoms with Gasteiger partial charge in [0.1, 0.15) is 12.2 Å². The Morgan fingerprint density at radius 2 is 1.55 bits per heavy atom. The summed E-state index contributed by atoms with van der Waals surface area (Å²) >= 11 is 0. The minimum absolute atomic E-state index is 0.828. The zero-order valence-corrected chi connectivity index (χ0v) is 10.8. The number of aliphatic hydroxyl groups excluding tert-OH is 2. The van der Waals surface area contributed by atoms with E-state index in [2.05, 4.69) is 30.3 Å². The molecule has 1 aliphatic rings. The molecule has 2 atom stereocenters. The van der Waals surface area contributed by atoms with Crippen molar-refractivity contribution in [1.29, 1.82) is 0 Å². The average Bonchev–Trinajstić information content (AvgIpc) is 2.50. The van der Waals surface area contributed by atoms with Crippen LogP contribution >= 0.6 is 0 Å². The van der Waals surface area contributed by atoms with E-state index in [1.54, 1.807) is 6.08 Å². The monoisotopic (exact) mass is 262 g/mol. The highest BCUT2D eigenvalue weighted by Gasteiger charge is 2.25. The SMILES string of the molecule is O[C@H]1C=Cc2ccc3ccc4ccccc4c3c2[C@@H]1O. The fourth-order valence-corrected chi connectivity index (χ4v) is 3.08. The van der Waals surface area contributed by atoms with Crippen molar-refractivity contribution in [1.82, 2.24) is 0 Å². The maximum atomic E-state index is 10.4. The first-order valence-corrected chi connectivity index (χ1v) is 6.74. The number of rotatable bonds is 0. The molecule has 98 valence electrons. The van der Waals surface area contributed by atoms with Crippen LogP contribution in [0.2, 0.25) is 0 Å². The van der Waals surface area contributed by atoms with Crippen LogP contribution in [-0.4, -0.2) is 16.3 Å². The van der Waals surface area contributed by atoms with Crippen molar-refractivity contribution in [3.05, 3.63) is 65.7 Å². The van der Waals surface area contributed by atoms with E-state index in [1.807, 2.05) is 24.3 Å². The van der Waals surface area contributed by atoms with Crippen LogP contribution < -0.4 is 0 Å². The Morgan fingerprint density at radius 3 is 2.45 bits per heavy atom. The first-order valence-electron chi connectivity index (χ1n) is 6.74. The second-order valence-electron chi connectivity index (χ2n) is 5.25. The summed E-state index contributed by atoms with van der Waals surface area (Å²) in [7, 11) is 0. The standard InChI is InChI=1S/C18H14O2/c19-15-10-9-13-8-7-12-6-5-11-3-1-2-4-14(11)16(12)17(13)18(15)20/h1-10,15,18-20H/t15-,18+/m0/s1. The predicted octanol–water partition coefficient (Wildman–Crippen LogP) is 3.41. The van der Waals surface area contributed by atoms with E-state index in [9.17, 15) is 10.2 Å². The average molecular weight is 262 g/mol. The normalized spacial score (nSPS) is 21.3. The van der Waals surface area contributed by atoms with Gasteiger partial charge in [0.25, 0.3) is 0 Å². The molecule has 3 aromatic rings. The van der Waals surface area contributed by atoms with Crippen molar-refractivity contribution in [2.45, 2.75) is 12.2 Å². The molecule has 2 nitrogen and oxygen atoms in total. The van der Waals surface area contributed by atoms with E-state index >= 15 is 0 Å². The molecule has 3 aromatic carbocycles. The molecule has 0 aromatic heterocycles. The fourth-order valence-electron chi connectivity index (χ4n) is 3.08. The molecule has 0 saturated heterocycles. The molecule has 0 unspecified atom stereocenters. The lowest BCUT2D eigenvalue weighted by Crippen LogP contribution is -2.19. The topological polar surface area (TPSA) is 40.5 Å². The van der Waals surface area contributed by atoms with E-state index in [1.165, 1.54) is 0 Å². The molecule has 0 bridgehead atoms. The third-order valence-corrected chi connectivity index (χ3v) is 4.08. The highest BCUT2D eigenvalue weighted by molar-refractivity contribution is 6.10. The number of fused-ring (bicyclic) bond motifs is 5. The Morgan fingerprint density at radius 1 is 0.800 bits per heavy atom. The lowest BCUT2D eigenvalue weighted by atomic mass is 9.86. The van der Waals surface area contributed by atoms with E-state index < -0.39 is 12.2 Å². The highest BCUT2D eigenvalue weighted by atomic mass is 16.3. The Hall–Kier alpha value is -2.16. The molecule has 2 N–H and O–H groups in total. The van der Waals surface area contributed by atoms with Gasteiger partial charge in [-0.2, -0.15) is 0 Å². The molecule has 1 aliphatic carbocycles. The third-order valence-electron chi connectivity index (χ3n) is 4.08. The summed E-state index contributed by atoms with van der Waals surface area (Å²) in [4.78, 5) is 0. The molecule has 0 fully saturated rings. The summed E-state index contributed by atoms with van der Waals surface area (Å²) in [6, 6.07) is 16.4. The third kappa shape index (κ3) is 1.52. The van der Waals surface area contributed by atoms with Crippen LogP contribution in [0.5, 0.6) is 0 Å². The lowest BCUT2D eigenvalue weighted by molar-refractivity contribution is 0.0480. The minimum Gasteiger partial charge on any atom is -0.386 e. The van der Waals surface area contributed by atoms with Gasteiger partial charge in [0.05, 0.1) is 0 Å². The van der Waals surface area contributed by atoms with Crippen LogP contribution in [0.3, 0.4) is 0 Å². The summed E-state index contributed by atoms with van der Waals surface area (Å²) in [6.45, 7) is 0. The molecule has 20 heavy (non-hydrogen) atoms. The van der Waals surface area contributed by atoms with Gasteiger partial charge in [0, 0.05) is 0 Å². The van der Waals surface area contributed by atoms with E-state index in [0.29, 0.717) is 0 Å². The minimum atomic E-state index is -0.871. The van der Waals surface area contributed by atoms with Crippen LogP contribution in [-0.2, 0) is 0 Å². The summed E-state index contributed by atoms with van der Waals surface area (Å²) in [5.41, 5.74) is 1.81. The van der Waals surface area contributed by atoms with Crippen molar-refractivity contribution >= 4 is 27.6 Å². The van der Waals surface area contributed by atoms with Gasteiger partial charge in [-0.05, 0) is 32.7 Å². The molecule has 0 radical (unpaired) electrons. The van der Waals surface area contributed by atoms with Crippen molar-refractivity contribution in [2.24, 2.45) is 0 Å². The van der Waals surface area contributed by atoms with Crippen LogP contribution in [0.4, 0.5) is 0 Å². The Kier molecular flexibility index (Phi) is 2.43. The summed E-state index contributed by atoms with van der Waals surface area (Å²) in [5.74, 6) is 0. The molecule has 0 aliphatic heterocycles. The summed E-state index contributed by atoms with van der Waals surface area (Å²) in [6.07, 6.45) is 1.81. The highest BCUT2D eigenvalue weighted by Crippen LogP contribution is 2.37. The van der Waals surface area contributed by atoms with E-state index in [4.69, 9.17) is 0 Å². The maximum absolute atomic E-state index is 10.4. The van der Waals surface area contributed by atoms with Crippen LogP contribution in [0, 0.1) is 0 Å². The van der Waals surface area contributed by atoms with Gasteiger partial charge in [-0.15, -0.1) is 0 Å². The van der Waals surface area contributed by atoms with E-state index in [-0.39, 0.29) is 0 Å². The molecule has 0 saturated carbocycles. The maximum Gasteiger partial charge on any atom is 0.110 e. The molecule has 0 spiro atoms. The number of aliphatic hydroxyl groups is 2. The van der Waals surface area contributed by atoms with Gasteiger partial charge in [-0.1, -0.05) is 60.7 Å². The predicted molar refractivity (Wildman–Crippen MR) is 81.5 cm³/mol. The van der Waals surface area contributed by atoms with E-state index in [0.717, 1.165) is 32.7 Å². The molecule has 0 heterocycles. The molecule has 4 rings (SSSR count). The fraction of sp³-hybridized carbons (Fsp3) is 0.111. The van der Waals surface area contributed by atoms with Gasteiger partial charge < -0.3 is 10.2 Å². The van der Waals surface area contributed by atoms with Crippen molar-refractivity contribution in [3.63, 3.8) is 0 Å². The summed E-state index contributed by atoms with van der Waals surface area (Å²) < 4.78 is 0. The molecular weight excluding hydrogens is 248 g/mol. The van der Waals surface area contributed by atoms with Crippen molar-refractivity contribution < 1.29 is 10.2 Å². The molecular formula is C18H14O2. The Bertz CT molecular complexity index is 849. The number of hydrogen-bond acceptors (Lipinski definition) is 2. The molecule has 0 amide bonds. The number of benzene rings is 3. The first kappa shape index (κ1) is 11.6. The Balaban J connectivity index is 2.22. The zero-order chi connectivity index (χ0) is 13.7. The smallest absolute Gasteiger partial charge is 0.110 e. The molecule has 2 heteroatoms. The van der Waals surface area contributed by atoms with Crippen molar-refractivity contribution in [3.8, 4) is 0 Å². The van der Waals surface area contributed by atoms with Gasteiger partial charge in [0.15, 0.2) is 0 Å². The van der Waals surface area contributed by atoms with Crippen LogP contribution in [0.25, 0.3) is 27.6 Å². The van der Waals surface area contributed by atoms with Crippen LogP contribution in [0.15, 0.2) is 54.6 Å². The summed E-state index contributed by atoms with van der Waals surface area (Å²) in [5, 5.41) is 24.7. The first-order chi connectivity index (χ1) is 9.75. The number of hydrogen-bond donors (Lipinski definition) is 2.